The summed E-state index contributed by atoms with van der Waals surface area (Å²) >= 11 is 0. The molecule has 0 aromatic heterocycles. The minimum Gasteiger partial charge on any atom is -0.345 e. The van der Waals surface area contributed by atoms with E-state index >= 15 is 0 Å². The fourth-order valence-electron chi connectivity index (χ4n) is 18.5. The number of fused-ring (bicyclic) bond motifs is 2. The van der Waals surface area contributed by atoms with E-state index in [0.717, 1.165) is 68.2 Å². The average molecular weight is 1710 g/mol. The van der Waals surface area contributed by atoms with Crippen LogP contribution in [0.4, 0.5) is 85.3 Å². The smallest absolute Gasteiger partial charge is 0.0488 e. The maximum Gasteiger partial charge on any atom is 0.0488 e. The fourth-order valence-corrected chi connectivity index (χ4v) is 18.5. The average Bonchev–Trinajstić information content (AvgIpc) is 0.715. The van der Waals surface area contributed by atoms with Crippen LogP contribution in [0.3, 0.4) is 0 Å². The molecule has 0 aliphatic heterocycles. The Bertz CT molecular complexity index is 7430. The van der Waals surface area contributed by atoms with Crippen LogP contribution in [0.5, 0.6) is 0 Å². The molecule has 0 saturated carbocycles. The molecule has 0 radical (unpaired) electrons. The predicted octanol–water partition coefficient (Wildman–Crippen LogP) is 35.4. The van der Waals surface area contributed by atoms with Crippen molar-refractivity contribution in [1.29, 1.82) is 0 Å². The van der Waals surface area contributed by atoms with Gasteiger partial charge in [-0.2, -0.15) is 0 Å². The molecule has 638 valence electrons. The van der Waals surface area contributed by atoms with Crippen molar-refractivity contribution in [1.82, 2.24) is 0 Å². The van der Waals surface area contributed by atoms with Crippen molar-refractivity contribution < 1.29 is 0 Å². The van der Waals surface area contributed by atoms with Gasteiger partial charge in [0.1, 0.15) is 0 Å². The van der Waals surface area contributed by atoms with Gasteiger partial charge in [-0.15, -0.1) is 0 Å². The lowest BCUT2D eigenvalue weighted by molar-refractivity contribution is 1.20. The SMILES string of the molecule is CN(c1ccc(N(c2cccc(-c3ccccc3)c2)c2cccc(-c3ccccc3)c2)cc1)c1ccc2c3cccc4cccc(c5cccc1c52)c43.Cc1ccc(N(C)c2ccc(N(c3cccc(-c4ccccc4)c3)c3cccc(-c4ccccc4)c3)cc2)cc1.Cc1cccc(N(C)c2ccc(N(c3cccc(-c4ccccc4)c3)c3cccc(-c4ccccc4)c3)cc2)c1. The van der Waals surface area contributed by atoms with Gasteiger partial charge in [0, 0.05) is 112 Å². The fraction of sp³-hybridized carbons (Fsp3) is 0.0394. The lowest BCUT2D eigenvalue weighted by Gasteiger charge is -2.28. The van der Waals surface area contributed by atoms with E-state index in [2.05, 4.69) is 580 Å². The van der Waals surface area contributed by atoms with E-state index < -0.39 is 0 Å². The summed E-state index contributed by atoms with van der Waals surface area (Å²) in [6, 6.07) is 185. The molecule has 0 unspecified atom stereocenters. The van der Waals surface area contributed by atoms with Gasteiger partial charge in [-0.1, -0.05) is 345 Å². The molecule has 0 spiro atoms. The van der Waals surface area contributed by atoms with Gasteiger partial charge in [0.2, 0.25) is 0 Å². The van der Waals surface area contributed by atoms with Gasteiger partial charge >= 0.3 is 0 Å². The van der Waals surface area contributed by atoms with Crippen molar-refractivity contribution in [2.24, 2.45) is 0 Å². The molecule has 0 bridgehead atoms. The minimum absolute atomic E-state index is 1.10. The Labute approximate surface area is 781 Å². The quantitative estimate of drug-likeness (QED) is 0.0524. The van der Waals surface area contributed by atoms with Gasteiger partial charge in [0.25, 0.3) is 0 Å². The summed E-state index contributed by atoms with van der Waals surface area (Å²) in [5.74, 6) is 0. The molecule has 0 aliphatic rings. The van der Waals surface area contributed by atoms with Crippen LogP contribution in [0.1, 0.15) is 11.1 Å². The topological polar surface area (TPSA) is 19.4 Å². The van der Waals surface area contributed by atoms with E-state index in [1.165, 1.54) is 138 Å². The predicted molar refractivity (Wildman–Crippen MR) is 570 cm³/mol. The molecule has 22 aromatic carbocycles. The summed E-state index contributed by atoms with van der Waals surface area (Å²) in [5.41, 5.74) is 33.8. The lowest BCUT2D eigenvalue weighted by atomic mass is 9.89. The molecule has 0 fully saturated rings. The van der Waals surface area contributed by atoms with Crippen molar-refractivity contribution in [3.63, 3.8) is 0 Å². The summed E-state index contributed by atoms with van der Waals surface area (Å²) < 4.78 is 0. The number of anilines is 15. The summed E-state index contributed by atoms with van der Waals surface area (Å²) in [6.45, 7) is 4.25. The van der Waals surface area contributed by atoms with E-state index in [4.69, 9.17) is 0 Å². The van der Waals surface area contributed by atoms with Gasteiger partial charge in [0.05, 0.1) is 0 Å². The zero-order chi connectivity index (χ0) is 89.9. The van der Waals surface area contributed by atoms with Crippen LogP contribution in [0.15, 0.2) is 516 Å². The van der Waals surface area contributed by atoms with Crippen molar-refractivity contribution in [3.05, 3.63) is 527 Å². The first-order valence-corrected chi connectivity index (χ1v) is 45.6. The first-order chi connectivity index (χ1) is 65.5. The van der Waals surface area contributed by atoms with Crippen LogP contribution >= 0.6 is 0 Å². The van der Waals surface area contributed by atoms with E-state index in [1.807, 2.05) is 0 Å². The second kappa shape index (κ2) is 38.5. The zero-order valence-corrected chi connectivity index (χ0v) is 75.3. The molecule has 0 N–H and O–H groups in total. The van der Waals surface area contributed by atoms with E-state index in [9.17, 15) is 0 Å². The molecule has 133 heavy (non-hydrogen) atoms. The second-order valence-electron chi connectivity index (χ2n) is 34.0. The first kappa shape index (κ1) is 84.1. The van der Waals surface area contributed by atoms with Gasteiger partial charge < -0.3 is 29.4 Å². The van der Waals surface area contributed by atoms with Crippen LogP contribution < -0.4 is 29.4 Å². The van der Waals surface area contributed by atoms with Crippen molar-refractivity contribution in [3.8, 4) is 66.8 Å². The first-order valence-electron chi connectivity index (χ1n) is 45.6. The maximum absolute atomic E-state index is 2.36. The molecule has 22 rings (SSSR count). The highest BCUT2D eigenvalue weighted by Gasteiger charge is 2.23. The third-order valence-electron chi connectivity index (χ3n) is 25.4. The summed E-state index contributed by atoms with van der Waals surface area (Å²) in [7, 11) is 6.42. The summed E-state index contributed by atoms with van der Waals surface area (Å²) in [5, 5.41) is 10.5. The molecular weight excluding hydrogens is 1610 g/mol. The van der Waals surface area contributed by atoms with Crippen LogP contribution in [-0.2, 0) is 0 Å². The van der Waals surface area contributed by atoms with E-state index in [1.54, 1.807) is 0 Å². The van der Waals surface area contributed by atoms with Crippen LogP contribution in [-0.4, -0.2) is 21.1 Å². The third-order valence-corrected chi connectivity index (χ3v) is 25.4. The molecule has 0 heterocycles. The zero-order valence-electron chi connectivity index (χ0n) is 75.3. The largest absolute Gasteiger partial charge is 0.345 e. The Morgan fingerprint density at radius 2 is 0.368 bits per heavy atom. The highest BCUT2D eigenvalue weighted by molar-refractivity contribution is 6.34. The standard InChI is InChI=1S/C51H36N2.2C38H32N2/c1-52(49-32-31-47-45-24-11-18-37-17-10-23-44(50(37)45)46-25-12-26-48(49)51(46)47)40-27-29-41(30-28-40)53(42-21-8-19-38(33-42)35-13-4-2-5-14-35)43-22-9-20-39(34-43)36-15-6-3-7-16-36;1-29-12-9-19-36(26-29)39(2)34-22-24-35(25-23-34)40(37-20-10-17-32(27-37)30-13-5-3-6-14-30)38-21-11-18-33(28-38)31-15-7-4-8-16-31;1-29-19-21-34(22-20-29)39(2)35-23-25-36(26-24-35)40(37-17-9-15-32(27-37)30-11-5-3-6-12-30)38-18-10-16-33(28-38)31-13-7-4-8-14-31/h2-34H,1H3;2*3-28H,1-2H3. The molecule has 0 aliphatic carbocycles. The highest BCUT2D eigenvalue weighted by Crippen LogP contribution is 2.48. The third kappa shape index (κ3) is 18.2. The van der Waals surface area contributed by atoms with Crippen LogP contribution in [0.2, 0.25) is 0 Å². The minimum atomic E-state index is 1.10. The number of nitrogens with zero attached hydrogens (tertiary/aromatic N) is 6. The Kier molecular flexibility index (Phi) is 24.3. The second-order valence-corrected chi connectivity index (χ2v) is 34.0. The number of hydrogen-bond acceptors (Lipinski definition) is 6. The Balaban J connectivity index is 0.000000126. The van der Waals surface area contributed by atoms with Gasteiger partial charge in [-0.25, -0.2) is 0 Å². The molecule has 0 saturated heterocycles. The van der Waals surface area contributed by atoms with E-state index in [-0.39, 0.29) is 0 Å². The van der Waals surface area contributed by atoms with Crippen molar-refractivity contribution >= 4 is 128 Å². The molecular formula is C127H100N6. The molecule has 6 nitrogen and oxygen atoms in total. The Hall–Kier alpha value is -17.1. The molecule has 6 heteroatoms. The number of rotatable bonds is 21. The summed E-state index contributed by atoms with van der Waals surface area (Å²) in [6.07, 6.45) is 0. The monoisotopic (exact) mass is 1710 g/mol. The highest BCUT2D eigenvalue weighted by atomic mass is 15.2. The Morgan fingerprint density at radius 3 is 0.684 bits per heavy atom. The molecule has 0 atom stereocenters. The van der Waals surface area contributed by atoms with Gasteiger partial charge in [0.15, 0.2) is 0 Å². The van der Waals surface area contributed by atoms with Crippen LogP contribution in [0.25, 0.3) is 110 Å². The number of aryl methyl sites for hydroxylation is 2. The lowest BCUT2D eigenvalue weighted by Crippen LogP contribution is -2.12. The van der Waals surface area contributed by atoms with Gasteiger partial charge in [-0.3, -0.25) is 0 Å². The number of hydrogen-bond donors (Lipinski definition) is 0. The molecule has 0 amide bonds. The Morgan fingerprint density at radius 1 is 0.135 bits per heavy atom. The van der Waals surface area contributed by atoms with Crippen molar-refractivity contribution in [2.45, 2.75) is 13.8 Å². The summed E-state index contributed by atoms with van der Waals surface area (Å²) in [4.78, 5) is 13.8. The van der Waals surface area contributed by atoms with Crippen molar-refractivity contribution in [2.75, 3.05) is 50.5 Å². The van der Waals surface area contributed by atoms with Gasteiger partial charge in [-0.05, 0) is 300 Å². The molecule has 22 aromatic rings. The van der Waals surface area contributed by atoms with Crippen LogP contribution in [0, 0.1) is 13.8 Å². The van der Waals surface area contributed by atoms with E-state index in [0.29, 0.717) is 0 Å². The number of benzene rings is 22. The maximum atomic E-state index is 2.36. The normalized spacial score (nSPS) is 11.0.